The molecule has 1 N–H and O–H groups in total. The molecule has 0 saturated carbocycles. The van der Waals surface area contributed by atoms with Gasteiger partial charge >= 0.3 is 0 Å². The Bertz CT molecular complexity index is 126. The summed E-state index contributed by atoms with van der Waals surface area (Å²) in [6.07, 6.45) is 3.46. The zero-order valence-electron chi connectivity index (χ0n) is 7.90. The molecular weight excluding hydrogens is 218 g/mol. The average Bonchev–Trinajstić information content (AvgIpc) is 2.03. The largest absolute Gasteiger partial charge is 0.356 e. The van der Waals surface area contributed by atoms with Crippen LogP contribution in [0.4, 0.5) is 0 Å². The van der Waals surface area contributed by atoms with Crippen molar-refractivity contribution in [3.05, 3.63) is 0 Å². The van der Waals surface area contributed by atoms with E-state index in [2.05, 4.69) is 21.2 Å². The first kappa shape index (κ1) is 11.9. The van der Waals surface area contributed by atoms with Crippen LogP contribution in [0.15, 0.2) is 0 Å². The summed E-state index contributed by atoms with van der Waals surface area (Å²) in [6.45, 7) is 4.64. The fourth-order valence-electron chi connectivity index (χ4n) is 0.812. The van der Waals surface area contributed by atoms with E-state index in [1.165, 1.54) is 12.8 Å². The highest BCUT2D eigenvalue weighted by molar-refractivity contribution is 9.09. The molecule has 72 valence electrons. The van der Waals surface area contributed by atoms with E-state index in [0.717, 1.165) is 18.3 Å². The summed E-state index contributed by atoms with van der Waals surface area (Å²) in [4.78, 5) is 11.1. The number of halogens is 1. The lowest BCUT2D eigenvalue weighted by atomic mass is 10.2. The molecule has 0 fully saturated rings. The number of hydrogen-bond donors (Lipinski definition) is 1. The fraction of sp³-hybridized carbons (Fsp3) is 0.889. The summed E-state index contributed by atoms with van der Waals surface area (Å²) in [6, 6.07) is 0. The Balaban J connectivity index is 3.14. The lowest BCUT2D eigenvalue weighted by Crippen LogP contribution is -2.28. The van der Waals surface area contributed by atoms with Crippen LogP contribution in [0.5, 0.6) is 0 Å². The van der Waals surface area contributed by atoms with Gasteiger partial charge in [-0.05, 0) is 12.8 Å². The molecule has 0 aliphatic rings. The molecule has 0 aliphatic carbocycles. The highest BCUT2D eigenvalue weighted by Crippen LogP contribution is 1.97. The van der Waals surface area contributed by atoms with E-state index in [9.17, 15) is 4.79 Å². The summed E-state index contributed by atoms with van der Waals surface area (Å²) in [5.41, 5.74) is 0. The van der Waals surface area contributed by atoms with Crippen molar-refractivity contribution in [2.75, 3.05) is 11.9 Å². The molecule has 12 heavy (non-hydrogen) atoms. The van der Waals surface area contributed by atoms with Gasteiger partial charge in [0.1, 0.15) is 0 Å². The number of unbranched alkanes of at least 4 members (excludes halogenated alkanes) is 2. The second kappa shape index (κ2) is 7.59. The third-order valence-corrected chi connectivity index (χ3v) is 2.19. The van der Waals surface area contributed by atoms with Gasteiger partial charge in [-0.25, -0.2) is 0 Å². The van der Waals surface area contributed by atoms with Crippen molar-refractivity contribution in [3.8, 4) is 0 Å². The first-order chi connectivity index (χ1) is 5.68. The van der Waals surface area contributed by atoms with Gasteiger partial charge < -0.3 is 5.32 Å². The smallest absolute Gasteiger partial charge is 0.222 e. The molecule has 3 heteroatoms. The van der Waals surface area contributed by atoms with Gasteiger partial charge in [-0.2, -0.15) is 0 Å². The minimum atomic E-state index is 0.112. The summed E-state index contributed by atoms with van der Waals surface area (Å²) in [5.74, 6) is 0.273. The van der Waals surface area contributed by atoms with Crippen LogP contribution in [0.25, 0.3) is 0 Å². The fourth-order valence-corrected chi connectivity index (χ4v) is 1.21. The number of hydrogen-bond acceptors (Lipinski definition) is 1. The van der Waals surface area contributed by atoms with Gasteiger partial charge in [0.25, 0.3) is 0 Å². The van der Waals surface area contributed by atoms with Crippen molar-refractivity contribution in [2.45, 2.75) is 33.1 Å². The quantitative estimate of drug-likeness (QED) is 0.556. The molecular formula is C9H18BrNO. The highest BCUT2D eigenvalue weighted by Gasteiger charge is 2.04. The molecule has 2 nitrogen and oxygen atoms in total. The number of alkyl halides is 1. The molecule has 0 aromatic carbocycles. The Morgan fingerprint density at radius 3 is 2.50 bits per heavy atom. The lowest BCUT2D eigenvalue weighted by Gasteiger charge is -2.06. The maximum absolute atomic E-state index is 11.1. The molecule has 0 radical (unpaired) electrons. The number of carbonyl (C=O) groups is 1. The number of nitrogens with one attached hydrogen (secondary N) is 1. The highest BCUT2D eigenvalue weighted by atomic mass is 79.9. The van der Waals surface area contributed by atoms with Crippen molar-refractivity contribution < 1.29 is 4.79 Å². The number of amides is 1. The molecule has 0 heterocycles. The van der Waals surface area contributed by atoms with Crippen molar-refractivity contribution in [1.29, 1.82) is 0 Å². The molecule has 0 unspecified atom stereocenters. The van der Waals surface area contributed by atoms with Crippen LogP contribution in [0, 0.1) is 5.92 Å². The molecule has 0 aromatic rings. The summed E-state index contributed by atoms with van der Waals surface area (Å²) >= 11 is 3.37. The van der Waals surface area contributed by atoms with Gasteiger partial charge in [-0.3, -0.25) is 4.79 Å². The molecule has 1 amide bonds. The van der Waals surface area contributed by atoms with Gasteiger partial charge in [0.15, 0.2) is 0 Å². The van der Waals surface area contributed by atoms with Gasteiger partial charge in [-0.15, -0.1) is 0 Å². The van der Waals surface area contributed by atoms with Gasteiger partial charge in [0.05, 0.1) is 0 Å². The van der Waals surface area contributed by atoms with E-state index in [1.807, 2.05) is 13.8 Å². The predicted octanol–water partition coefficient (Wildman–Crippen LogP) is 2.32. The van der Waals surface area contributed by atoms with Crippen LogP contribution < -0.4 is 5.32 Å². The van der Waals surface area contributed by atoms with E-state index in [4.69, 9.17) is 0 Å². The third-order valence-electron chi connectivity index (χ3n) is 1.63. The van der Waals surface area contributed by atoms with Crippen molar-refractivity contribution >= 4 is 21.8 Å². The maximum Gasteiger partial charge on any atom is 0.222 e. The van der Waals surface area contributed by atoms with E-state index in [0.29, 0.717) is 0 Å². The lowest BCUT2D eigenvalue weighted by molar-refractivity contribution is -0.123. The SMILES string of the molecule is CC(C)C(=O)NCCCCCBr. The van der Waals surface area contributed by atoms with E-state index >= 15 is 0 Å². The van der Waals surface area contributed by atoms with Crippen molar-refractivity contribution in [2.24, 2.45) is 5.92 Å². The zero-order valence-corrected chi connectivity index (χ0v) is 9.49. The molecule has 0 bridgehead atoms. The Labute approximate surface area is 83.2 Å². The van der Waals surface area contributed by atoms with Crippen LogP contribution in [-0.2, 0) is 4.79 Å². The topological polar surface area (TPSA) is 29.1 Å². The van der Waals surface area contributed by atoms with Crippen LogP contribution in [0.3, 0.4) is 0 Å². The molecule has 0 rings (SSSR count). The minimum absolute atomic E-state index is 0.112. The van der Waals surface area contributed by atoms with Crippen molar-refractivity contribution in [3.63, 3.8) is 0 Å². The third kappa shape index (κ3) is 6.65. The predicted molar refractivity (Wildman–Crippen MR) is 55.5 cm³/mol. The molecule has 0 atom stereocenters. The van der Waals surface area contributed by atoms with Crippen LogP contribution >= 0.6 is 15.9 Å². The average molecular weight is 236 g/mol. The minimum Gasteiger partial charge on any atom is -0.356 e. The molecule has 0 aromatic heterocycles. The van der Waals surface area contributed by atoms with Gasteiger partial charge in [0.2, 0.25) is 5.91 Å². The Kier molecular flexibility index (Phi) is 7.56. The monoisotopic (exact) mass is 235 g/mol. The second-order valence-electron chi connectivity index (χ2n) is 3.20. The van der Waals surface area contributed by atoms with Gasteiger partial charge in [-0.1, -0.05) is 36.2 Å². The molecule has 0 saturated heterocycles. The van der Waals surface area contributed by atoms with E-state index < -0.39 is 0 Å². The summed E-state index contributed by atoms with van der Waals surface area (Å²) in [5, 5.41) is 3.95. The summed E-state index contributed by atoms with van der Waals surface area (Å²) < 4.78 is 0. The molecule has 0 spiro atoms. The summed E-state index contributed by atoms with van der Waals surface area (Å²) in [7, 11) is 0. The Morgan fingerprint density at radius 2 is 2.00 bits per heavy atom. The zero-order chi connectivity index (χ0) is 9.40. The first-order valence-electron chi connectivity index (χ1n) is 4.52. The standard InChI is InChI=1S/C9H18BrNO/c1-8(2)9(12)11-7-5-3-4-6-10/h8H,3-7H2,1-2H3,(H,11,12). The Morgan fingerprint density at radius 1 is 1.33 bits per heavy atom. The second-order valence-corrected chi connectivity index (χ2v) is 3.99. The van der Waals surface area contributed by atoms with Crippen LogP contribution in [-0.4, -0.2) is 17.8 Å². The van der Waals surface area contributed by atoms with Crippen LogP contribution in [0.1, 0.15) is 33.1 Å². The number of rotatable bonds is 6. The normalized spacial score (nSPS) is 10.3. The van der Waals surface area contributed by atoms with Gasteiger partial charge in [0, 0.05) is 17.8 Å². The maximum atomic E-state index is 11.1. The molecule has 0 aliphatic heterocycles. The van der Waals surface area contributed by atoms with E-state index in [-0.39, 0.29) is 11.8 Å². The van der Waals surface area contributed by atoms with E-state index in [1.54, 1.807) is 0 Å². The first-order valence-corrected chi connectivity index (χ1v) is 5.64. The Hall–Kier alpha value is -0.0500. The van der Waals surface area contributed by atoms with Crippen molar-refractivity contribution in [1.82, 2.24) is 5.32 Å². The number of carbonyl (C=O) groups excluding carboxylic acids is 1. The van der Waals surface area contributed by atoms with Crippen LogP contribution in [0.2, 0.25) is 0 Å².